The Hall–Kier alpha value is -2.05. The first-order chi connectivity index (χ1) is 10.3. The lowest BCUT2D eigenvalue weighted by molar-refractivity contribution is -0.126. The van der Waals surface area contributed by atoms with Crippen LogP contribution in [-0.4, -0.2) is 35.9 Å². The summed E-state index contributed by atoms with van der Waals surface area (Å²) in [6.07, 6.45) is 1.88. The molecule has 1 aromatic carbocycles. The average molecular weight is 323 g/mol. The van der Waals surface area contributed by atoms with E-state index < -0.39 is 0 Å². The number of hydrogen-bond donors (Lipinski definition) is 2. The first-order valence-electron chi connectivity index (χ1n) is 6.93. The van der Waals surface area contributed by atoms with Crippen molar-refractivity contribution in [3.63, 3.8) is 0 Å². The smallest absolute Gasteiger partial charge is 0.226 e. The minimum atomic E-state index is 0. The molecule has 0 saturated carbocycles. The molecule has 2 N–H and O–H groups in total. The van der Waals surface area contributed by atoms with Crippen molar-refractivity contribution in [1.82, 2.24) is 20.4 Å². The molecule has 1 saturated heterocycles. The summed E-state index contributed by atoms with van der Waals surface area (Å²) in [5.74, 6) is 1.01. The van der Waals surface area contributed by atoms with Gasteiger partial charge >= 0.3 is 0 Å². The Morgan fingerprint density at radius 3 is 2.68 bits per heavy atom. The second-order valence-corrected chi connectivity index (χ2v) is 5.02. The Kier molecular flexibility index (Phi) is 5.41. The molecular weight excluding hydrogens is 304 g/mol. The Morgan fingerprint density at radius 2 is 2.09 bits per heavy atom. The van der Waals surface area contributed by atoms with Gasteiger partial charge in [-0.15, -0.1) is 12.4 Å². The summed E-state index contributed by atoms with van der Waals surface area (Å²) in [5.41, 5.74) is 1.79. The SMILES string of the molecule is COc1ccc(-n2ccc(CNC(=O)C3CNC3)n2)cc1.Cl. The number of amides is 1. The zero-order chi connectivity index (χ0) is 14.7. The van der Waals surface area contributed by atoms with Crippen LogP contribution in [0.25, 0.3) is 5.69 Å². The lowest BCUT2D eigenvalue weighted by Gasteiger charge is -2.25. The van der Waals surface area contributed by atoms with Crippen molar-refractivity contribution in [2.75, 3.05) is 20.2 Å². The molecule has 0 radical (unpaired) electrons. The highest BCUT2D eigenvalue weighted by Gasteiger charge is 2.24. The highest BCUT2D eigenvalue weighted by molar-refractivity contribution is 5.85. The van der Waals surface area contributed by atoms with Crippen LogP contribution in [0.3, 0.4) is 0 Å². The van der Waals surface area contributed by atoms with Crippen molar-refractivity contribution < 1.29 is 9.53 Å². The van der Waals surface area contributed by atoms with Crippen LogP contribution in [0.2, 0.25) is 0 Å². The van der Waals surface area contributed by atoms with E-state index in [2.05, 4.69) is 15.7 Å². The number of aromatic nitrogens is 2. The molecule has 1 amide bonds. The minimum absolute atomic E-state index is 0. The molecule has 1 aromatic heterocycles. The fraction of sp³-hybridized carbons (Fsp3) is 0.333. The van der Waals surface area contributed by atoms with Crippen molar-refractivity contribution in [1.29, 1.82) is 0 Å². The van der Waals surface area contributed by atoms with E-state index in [1.807, 2.05) is 36.5 Å². The van der Waals surface area contributed by atoms with Crippen LogP contribution in [0, 0.1) is 5.92 Å². The Bertz CT molecular complexity index is 623. The molecule has 0 unspecified atom stereocenters. The Labute approximate surface area is 135 Å². The second kappa shape index (κ2) is 7.29. The molecule has 2 heterocycles. The summed E-state index contributed by atoms with van der Waals surface area (Å²) in [6.45, 7) is 2.00. The van der Waals surface area contributed by atoms with E-state index in [1.54, 1.807) is 11.8 Å². The van der Waals surface area contributed by atoms with Crippen LogP contribution >= 0.6 is 12.4 Å². The van der Waals surface area contributed by atoms with Gasteiger partial charge in [-0.1, -0.05) is 0 Å². The number of ether oxygens (including phenoxy) is 1. The van der Waals surface area contributed by atoms with Crippen molar-refractivity contribution in [2.45, 2.75) is 6.54 Å². The number of rotatable bonds is 5. The van der Waals surface area contributed by atoms with Gasteiger partial charge in [-0.05, 0) is 30.3 Å². The number of hydrogen-bond acceptors (Lipinski definition) is 4. The lowest BCUT2D eigenvalue weighted by Crippen LogP contribution is -2.50. The van der Waals surface area contributed by atoms with E-state index in [-0.39, 0.29) is 24.2 Å². The molecule has 0 aliphatic carbocycles. The average Bonchev–Trinajstić information content (AvgIpc) is 2.92. The summed E-state index contributed by atoms with van der Waals surface area (Å²) in [6, 6.07) is 9.57. The molecule has 0 bridgehead atoms. The Morgan fingerprint density at radius 1 is 1.36 bits per heavy atom. The standard InChI is InChI=1S/C15H18N4O2.ClH/c1-21-14-4-2-13(3-5-14)19-7-6-12(18-19)10-17-15(20)11-8-16-9-11;/h2-7,11,16H,8-10H2,1H3,(H,17,20);1H. The van der Waals surface area contributed by atoms with Gasteiger partial charge in [0.1, 0.15) is 5.75 Å². The molecule has 2 aromatic rings. The number of carbonyl (C=O) groups excluding carboxylic acids is 1. The van der Waals surface area contributed by atoms with Crippen molar-refractivity contribution >= 4 is 18.3 Å². The molecule has 6 nitrogen and oxygen atoms in total. The van der Waals surface area contributed by atoms with E-state index >= 15 is 0 Å². The molecule has 1 aliphatic rings. The van der Waals surface area contributed by atoms with Crippen LogP contribution in [-0.2, 0) is 11.3 Å². The van der Waals surface area contributed by atoms with Gasteiger partial charge in [0.15, 0.2) is 0 Å². The van der Waals surface area contributed by atoms with Gasteiger partial charge in [-0.3, -0.25) is 4.79 Å². The number of halogens is 1. The van der Waals surface area contributed by atoms with E-state index in [0.29, 0.717) is 6.54 Å². The largest absolute Gasteiger partial charge is 0.497 e. The molecule has 22 heavy (non-hydrogen) atoms. The molecule has 0 spiro atoms. The number of benzene rings is 1. The maximum absolute atomic E-state index is 11.7. The summed E-state index contributed by atoms with van der Waals surface area (Å²) in [7, 11) is 1.64. The first-order valence-corrected chi connectivity index (χ1v) is 6.93. The molecular formula is C15H19ClN4O2. The van der Waals surface area contributed by atoms with Crippen LogP contribution < -0.4 is 15.4 Å². The summed E-state index contributed by atoms with van der Waals surface area (Å²) in [5, 5.41) is 10.5. The predicted octanol–water partition coefficient (Wildman–Crippen LogP) is 1.14. The minimum Gasteiger partial charge on any atom is -0.497 e. The first kappa shape index (κ1) is 16.3. The molecule has 118 valence electrons. The van der Waals surface area contributed by atoms with Crippen LogP contribution in [0.5, 0.6) is 5.75 Å². The van der Waals surface area contributed by atoms with Crippen LogP contribution in [0.1, 0.15) is 5.69 Å². The summed E-state index contributed by atoms with van der Waals surface area (Å²) >= 11 is 0. The maximum Gasteiger partial charge on any atom is 0.226 e. The highest BCUT2D eigenvalue weighted by atomic mass is 35.5. The zero-order valence-corrected chi connectivity index (χ0v) is 13.1. The molecule has 1 aliphatic heterocycles. The third kappa shape index (κ3) is 3.58. The fourth-order valence-corrected chi connectivity index (χ4v) is 2.13. The van der Waals surface area contributed by atoms with Gasteiger partial charge in [-0.25, -0.2) is 4.68 Å². The number of nitrogens with zero attached hydrogens (tertiary/aromatic N) is 2. The maximum atomic E-state index is 11.7. The van der Waals surface area contributed by atoms with Gasteiger partial charge in [0.25, 0.3) is 0 Å². The van der Waals surface area contributed by atoms with Gasteiger partial charge in [0.05, 0.1) is 31.0 Å². The third-order valence-corrected chi connectivity index (χ3v) is 3.58. The van der Waals surface area contributed by atoms with Gasteiger partial charge in [0.2, 0.25) is 5.91 Å². The van der Waals surface area contributed by atoms with Crippen molar-refractivity contribution in [3.8, 4) is 11.4 Å². The molecule has 3 rings (SSSR count). The predicted molar refractivity (Wildman–Crippen MR) is 85.6 cm³/mol. The number of methoxy groups -OCH3 is 1. The number of nitrogens with one attached hydrogen (secondary N) is 2. The van der Waals surface area contributed by atoms with E-state index in [0.717, 1.165) is 30.2 Å². The van der Waals surface area contributed by atoms with Gasteiger partial charge in [0, 0.05) is 19.3 Å². The molecule has 0 atom stereocenters. The second-order valence-electron chi connectivity index (χ2n) is 5.02. The third-order valence-electron chi connectivity index (χ3n) is 3.58. The summed E-state index contributed by atoms with van der Waals surface area (Å²) < 4.78 is 6.91. The van der Waals surface area contributed by atoms with Gasteiger partial charge in [-0.2, -0.15) is 5.10 Å². The van der Waals surface area contributed by atoms with E-state index in [9.17, 15) is 4.79 Å². The fourth-order valence-electron chi connectivity index (χ4n) is 2.13. The molecule has 7 heteroatoms. The van der Waals surface area contributed by atoms with Gasteiger partial charge < -0.3 is 15.4 Å². The summed E-state index contributed by atoms with van der Waals surface area (Å²) in [4.78, 5) is 11.7. The monoisotopic (exact) mass is 322 g/mol. The normalized spacial score (nSPS) is 13.9. The quantitative estimate of drug-likeness (QED) is 0.866. The lowest BCUT2D eigenvalue weighted by atomic mass is 10.0. The number of carbonyl (C=O) groups is 1. The van der Waals surface area contributed by atoms with Crippen LogP contribution in [0.4, 0.5) is 0 Å². The van der Waals surface area contributed by atoms with Crippen molar-refractivity contribution in [3.05, 3.63) is 42.2 Å². The van der Waals surface area contributed by atoms with E-state index in [4.69, 9.17) is 4.74 Å². The molecule has 1 fully saturated rings. The Balaban J connectivity index is 0.00000176. The van der Waals surface area contributed by atoms with Crippen LogP contribution in [0.15, 0.2) is 36.5 Å². The topological polar surface area (TPSA) is 68.2 Å². The highest BCUT2D eigenvalue weighted by Crippen LogP contribution is 2.14. The zero-order valence-electron chi connectivity index (χ0n) is 12.3. The van der Waals surface area contributed by atoms with E-state index in [1.165, 1.54) is 0 Å². The van der Waals surface area contributed by atoms with Crippen molar-refractivity contribution in [2.24, 2.45) is 5.92 Å².